The summed E-state index contributed by atoms with van der Waals surface area (Å²) in [4.78, 5) is 11.4. The van der Waals surface area contributed by atoms with Crippen LogP contribution in [0.25, 0.3) is 0 Å². The standard InChI is InChI=1S/C23H37NO3/c1-2-3-4-5-6-7-8-9-10-11-12-13-14-15-16-17-18-19-23(26)27-21-22(25)20-24/h3-4,6-7,9-10,12-13,15-16,22,25H,2,5,8,11,14,17-21,24H2,1H3/b4-3-,7-6-,10-9-,13-12-,16-15-. The molecule has 0 bridgehead atoms. The van der Waals surface area contributed by atoms with Crippen LogP contribution in [0.5, 0.6) is 0 Å². The van der Waals surface area contributed by atoms with Crippen LogP contribution >= 0.6 is 0 Å². The first-order chi connectivity index (χ1) is 13.2. The molecule has 0 spiro atoms. The lowest BCUT2D eigenvalue weighted by Crippen LogP contribution is -2.26. The lowest BCUT2D eigenvalue weighted by Gasteiger charge is -2.08. The van der Waals surface area contributed by atoms with Gasteiger partial charge in [0.25, 0.3) is 0 Å². The molecular weight excluding hydrogens is 338 g/mol. The molecule has 0 aliphatic rings. The summed E-state index contributed by atoms with van der Waals surface area (Å²) in [7, 11) is 0. The number of ether oxygens (including phenoxy) is 1. The Bertz CT molecular complexity index is 490. The van der Waals surface area contributed by atoms with Crippen molar-refractivity contribution in [2.24, 2.45) is 5.73 Å². The van der Waals surface area contributed by atoms with Crippen molar-refractivity contribution in [2.75, 3.05) is 13.2 Å². The van der Waals surface area contributed by atoms with Gasteiger partial charge in [-0.25, -0.2) is 0 Å². The molecule has 0 saturated heterocycles. The molecule has 0 amide bonds. The fraction of sp³-hybridized carbons (Fsp3) is 0.522. The minimum absolute atomic E-state index is 0.0169. The molecule has 4 nitrogen and oxygen atoms in total. The summed E-state index contributed by atoms with van der Waals surface area (Å²) in [5.74, 6) is -0.283. The molecule has 4 heteroatoms. The molecule has 0 radical (unpaired) electrons. The number of aliphatic hydroxyl groups excluding tert-OH is 1. The third-order valence-corrected chi connectivity index (χ3v) is 3.62. The second kappa shape index (κ2) is 20.4. The number of unbranched alkanes of at least 4 members (excludes halogenated alkanes) is 1. The smallest absolute Gasteiger partial charge is 0.305 e. The number of aliphatic hydroxyl groups is 1. The molecule has 1 atom stereocenters. The number of esters is 1. The molecule has 3 N–H and O–H groups in total. The van der Waals surface area contributed by atoms with E-state index in [2.05, 4.69) is 67.7 Å². The maximum absolute atomic E-state index is 11.4. The summed E-state index contributed by atoms with van der Waals surface area (Å²) in [6.45, 7) is 2.23. The fourth-order valence-corrected chi connectivity index (χ4v) is 2.06. The SMILES string of the molecule is CC/C=C\C/C=C\C/C=C\C/C=C\C/C=C\CCCC(=O)OCC(O)CN. The van der Waals surface area contributed by atoms with Crippen LogP contribution in [-0.2, 0) is 9.53 Å². The van der Waals surface area contributed by atoms with Crippen LogP contribution in [0.2, 0.25) is 0 Å². The Kier molecular flexibility index (Phi) is 19.0. The Labute approximate surface area is 165 Å². The zero-order chi connectivity index (χ0) is 20.0. The lowest BCUT2D eigenvalue weighted by molar-refractivity contribution is -0.146. The summed E-state index contributed by atoms with van der Waals surface area (Å²) in [6.07, 6.45) is 27.8. The van der Waals surface area contributed by atoms with Crippen LogP contribution in [-0.4, -0.2) is 30.3 Å². The van der Waals surface area contributed by atoms with Crippen molar-refractivity contribution in [3.8, 4) is 0 Å². The highest BCUT2D eigenvalue weighted by atomic mass is 16.5. The summed E-state index contributed by atoms with van der Waals surface area (Å²) < 4.78 is 4.91. The lowest BCUT2D eigenvalue weighted by atomic mass is 10.2. The van der Waals surface area contributed by atoms with Crippen molar-refractivity contribution < 1.29 is 14.6 Å². The zero-order valence-electron chi connectivity index (χ0n) is 16.8. The van der Waals surface area contributed by atoms with Crippen LogP contribution in [0.4, 0.5) is 0 Å². The third-order valence-electron chi connectivity index (χ3n) is 3.62. The van der Waals surface area contributed by atoms with Gasteiger partial charge in [0.15, 0.2) is 0 Å². The van der Waals surface area contributed by atoms with Gasteiger partial charge in [0, 0.05) is 13.0 Å². The zero-order valence-corrected chi connectivity index (χ0v) is 16.8. The number of nitrogens with two attached hydrogens (primary N) is 1. The van der Waals surface area contributed by atoms with Crippen LogP contribution in [0.1, 0.15) is 58.3 Å². The van der Waals surface area contributed by atoms with Gasteiger partial charge in [-0.3, -0.25) is 4.79 Å². The first-order valence-electron chi connectivity index (χ1n) is 9.99. The molecule has 0 aliphatic heterocycles. The Balaban J connectivity index is 3.53. The van der Waals surface area contributed by atoms with E-state index in [1.54, 1.807) is 0 Å². The van der Waals surface area contributed by atoms with E-state index in [4.69, 9.17) is 10.5 Å². The highest BCUT2D eigenvalue weighted by Crippen LogP contribution is 2.01. The molecule has 0 heterocycles. The second-order valence-corrected chi connectivity index (χ2v) is 6.17. The number of carbonyl (C=O) groups excluding carboxylic acids is 1. The van der Waals surface area contributed by atoms with E-state index in [0.29, 0.717) is 6.42 Å². The second-order valence-electron chi connectivity index (χ2n) is 6.17. The van der Waals surface area contributed by atoms with Crippen LogP contribution < -0.4 is 5.73 Å². The first-order valence-corrected chi connectivity index (χ1v) is 9.99. The molecule has 27 heavy (non-hydrogen) atoms. The monoisotopic (exact) mass is 375 g/mol. The summed E-state index contributed by atoms with van der Waals surface area (Å²) in [5, 5.41) is 9.20. The van der Waals surface area contributed by atoms with E-state index in [1.807, 2.05) is 0 Å². The average molecular weight is 376 g/mol. The maximum Gasteiger partial charge on any atom is 0.305 e. The highest BCUT2D eigenvalue weighted by Gasteiger charge is 2.06. The number of allylic oxidation sites excluding steroid dienone is 10. The van der Waals surface area contributed by atoms with Gasteiger partial charge in [0.2, 0.25) is 0 Å². The molecule has 0 aromatic rings. The van der Waals surface area contributed by atoms with Crippen molar-refractivity contribution in [2.45, 2.75) is 64.4 Å². The van der Waals surface area contributed by atoms with Gasteiger partial charge >= 0.3 is 5.97 Å². The molecule has 0 aromatic carbocycles. The fourth-order valence-electron chi connectivity index (χ4n) is 2.06. The van der Waals surface area contributed by atoms with Gasteiger partial charge in [-0.05, 0) is 44.9 Å². The van der Waals surface area contributed by atoms with E-state index >= 15 is 0 Å². The maximum atomic E-state index is 11.4. The molecule has 152 valence electrons. The van der Waals surface area contributed by atoms with E-state index in [1.165, 1.54) is 0 Å². The molecule has 0 aromatic heterocycles. The van der Waals surface area contributed by atoms with Gasteiger partial charge in [0.1, 0.15) is 12.7 Å². The first kappa shape index (κ1) is 25.1. The van der Waals surface area contributed by atoms with Gasteiger partial charge in [0.05, 0.1) is 0 Å². The molecule has 0 saturated carbocycles. The minimum Gasteiger partial charge on any atom is -0.463 e. The number of hydrogen-bond donors (Lipinski definition) is 2. The highest BCUT2D eigenvalue weighted by molar-refractivity contribution is 5.69. The normalized spacial score (nSPS) is 13.7. The van der Waals surface area contributed by atoms with E-state index in [9.17, 15) is 9.90 Å². The molecular formula is C23H37NO3. The topological polar surface area (TPSA) is 72.5 Å². The molecule has 0 fully saturated rings. The Hall–Kier alpha value is -1.91. The largest absolute Gasteiger partial charge is 0.463 e. The molecule has 1 unspecified atom stereocenters. The van der Waals surface area contributed by atoms with Crippen molar-refractivity contribution in [1.29, 1.82) is 0 Å². The van der Waals surface area contributed by atoms with Gasteiger partial charge in [-0.15, -0.1) is 0 Å². The van der Waals surface area contributed by atoms with Crippen molar-refractivity contribution in [1.82, 2.24) is 0 Å². The minimum atomic E-state index is -0.764. The van der Waals surface area contributed by atoms with Gasteiger partial charge in [-0.1, -0.05) is 67.7 Å². The van der Waals surface area contributed by atoms with E-state index in [-0.39, 0.29) is 19.1 Å². The predicted molar refractivity (Wildman–Crippen MR) is 114 cm³/mol. The van der Waals surface area contributed by atoms with Crippen LogP contribution in [0.3, 0.4) is 0 Å². The average Bonchev–Trinajstić information content (AvgIpc) is 2.68. The molecule has 0 aliphatic carbocycles. The van der Waals surface area contributed by atoms with E-state index < -0.39 is 6.10 Å². The Morgan fingerprint density at radius 1 is 0.889 bits per heavy atom. The van der Waals surface area contributed by atoms with Crippen molar-refractivity contribution >= 4 is 5.97 Å². The third kappa shape index (κ3) is 20.3. The number of carbonyl (C=O) groups is 1. The van der Waals surface area contributed by atoms with Crippen LogP contribution in [0, 0.1) is 0 Å². The molecule has 0 rings (SSSR count). The number of rotatable bonds is 16. The Morgan fingerprint density at radius 3 is 1.85 bits per heavy atom. The number of hydrogen-bond acceptors (Lipinski definition) is 4. The van der Waals surface area contributed by atoms with Crippen molar-refractivity contribution in [3.05, 3.63) is 60.8 Å². The predicted octanol–water partition coefficient (Wildman–Crippen LogP) is 4.77. The van der Waals surface area contributed by atoms with Gasteiger partial charge in [-0.2, -0.15) is 0 Å². The summed E-state index contributed by atoms with van der Waals surface area (Å²) in [5.41, 5.74) is 5.24. The van der Waals surface area contributed by atoms with Crippen LogP contribution in [0.15, 0.2) is 60.8 Å². The quantitative estimate of drug-likeness (QED) is 0.231. The summed E-state index contributed by atoms with van der Waals surface area (Å²) >= 11 is 0. The van der Waals surface area contributed by atoms with Gasteiger partial charge < -0.3 is 15.6 Å². The Morgan fingerprint density at radius 2 is 1.37 bits per heavy atom. The van der Waals surface area contributed by atoms with Crippen molar-refractivity contribution in [3.63, 3.8) is 0 Å². The summed E-state index contributed by atoms with van der Waals surface area (Å²) in [6, 6.07) is 0. The van der Waals surface area contributed by atoms with E-state index in [0.717, 1.165) is 44.9 Å².